The average molecular weight is 426 g/mol. The molecule has 9 heteroatoms. The number of amides is 1. The molecule has 0 aliphatic carbocycles. The highest BCUT2D eigenvalue weighted by atomic mass is 16.6. The van der Waals surface area contributed by atoms with Gasteiger partial charge in [0, 0.05) is 12.1 Å². The SMILES string of the molecule is CC(C)(C)OC(=O)NCCCc1c(OCCCN)cc(C(=O)O)cc1OCCCN. The van der Waals surface area contributed by atoms with Crippen LogP contribution in [0.5, 0.6) is 11.5 Å². The van der Waals surface area contributed by atoms with Gasteiger partial charge in [0.25, 0.3) is 0 Å². The van der Waals surface area contributed by atoms with Crippen LogP contribution >= 0.6 is 0 Å². The molecule has 9 nitrogen and oxygen atoms in total. The molecule has 30 heavy (non-hydrogen) atoms. The van der Waals surface area contributed by atoms with E-state index in [0.717, 1.165) is 5.56 Å². The largest absolute Gasteiger partial charge is 0.493 e. The molecule has 0 unspecified atom stereocenters. The number of benzene rings is 1. The van der Waals surface area contributed by atoms with E-state index in [1.165, 1.54) is 12.1 Å². The van der Waals surface area contributed by atoms with Gasteiger partial charge in [-0.2, -0.15) is 0 Å². The van der Waals surface area contributed by atoms with Gasteiger partial charge in [-0.3, -0.25) is 0 Å². The molecule has 1 rings (SSSR count). The summed E-state index contributed by atoms with van der Waals surface area (Å²) in [7, 11) is 0. The molecule has 0 atom stereocenters. The predicted octanol–water partition coefficient (Wildman–Crippen LogP) is 2.30. The summed E-state index contributed by atoms with van der Waals surface area (Å²) in [6, 6.07) is 2.98. The summed E-state index contributed by atoms with van der Waals surface area (Å²) in [5.41, 5.74) is 11.3. The third-order valence-corrected chi connectivity index (χ3v) is 3.90. The molecule has 0 bridgehead atoms. The summed E-state index contributed by atoms with van der Waals surface area (Å²) >= 11 is 0. The van der Waals surface area contributed by atoms with Crippen molar-refractivity contribution in [2.45, 2.75) is 52.1 Å². The number of carbonyl (C=O) groups is 2. The molecule has 1 aromatic carbocycles. The van der Waals surface area contributed by atoms with E-state index in [4.69, 9.17) is 25.7 Å². The maximum atomic E-state index is 11.8. The van der Waals surface area contributed by atoms with Gasteiger partial charge in [-0.05, 0) is 71.7 Å². The molecule has 170 valence electrons. The van der Waals surface area contributed by atoms with E-state index in [2.05, 4.69) is 5.32 Å². The van der Waals surface area contributed by atoms with Crippen LogP contribution in [0, 0.1) is 0 Å². The van der Waals surface area contributed by atoms with Crippen LogP contribution in [0.3, 0.4) is 0 Å². The van der Waals surface area contributed by atoms with Crippen molar-refractivity contribution in [1.29, 1.82) is 0 Å². The fourth-order valence-corrected chi connectivity index (χ4v) is 2.55. The number of carboxylic acid groups (broad SMARTS) is 1. The minimum Gasteiger partial charge on any atom is -0.493 e. The summed E-state index contributed by atoms with van der Waals surface area (Å²) in [4.78, 5) is 23.3. The summed E-state index contributed by atoms with van der Waals surface area (Å²) in [5, 5.41) is 12.1. The standard InChI is InChI=1S/C21H35N3O6/c1-21(2,3)30-20(27)24-10-4-7-16-17(28-11-5-8-22)13-15(19(25)26)14-18(16)29-12-6-9-23/h13-14H,4-12,22-23H2,1-3H3,(H,24,27)(H,25,26). The number of rotatable bonds is 13. The summed E-state index contributed by atoms with van der Waals surface area (Å²) in [6.07, 6.45) is 1.90. The Hall–Kier alpha value is -2.52. The summed E-state index contributed by atoms with van der Waals surface area (Å²) < 4.78 is 16.8. The number of carboxylic acids is 1. The van der Waals surface area contributed by atoms with Gasteiger partial charge in [0.15, 0.2) is 0 Å². The second-order valence-electron chi connectivity index (χ2n) is 7.77. The Labute approximate surface area is 178 Å². The first-order valence-electron chi connectivity index (χ1n) is 10.2. The number of ether oxygens (including phenoxy) is 3. The van der Waals surface area contributed by atoms with E-state index < -0.39 is 17.7 Å². The first-order valence-corrected chi connectivity index (χ1v) is 10.2. The maximum absolute atomic E-state index is 11.8. The number of nitrogens with two attached hydrogens (primary N) is 2. The lowest BCUT2D eigenvalue weighted by Crippen LogP contribution is -2.33. The third kappa shape index (κ3) is 9.80. The van der Waals surface area contributed by atoms with Crippen LogP contribution < -0.4 is 26.3 Å². The van der Waals surface area contributed by atoms with Crippen molar-refractivity contribution in [2.24, 2.45) is 11.5 Å². The normalized spacial score (nSPS) is 11.1. The minimum absolute atomic E-state index is 0.0797. The lowest BCUT2D eigenvalue weighted by molar-refractivity contribution is 0.0526. The van der Waals surface area contributed by atoms with E-state index in [-0.39, 0.29) is 5.56 Å². The Morgan fingerprint density at radius 2 is 1.53 bits per heavy atom. The van der Waals surface area contributed by atoms with Gasteiger partial charge in [-0.15, -0.1) is 0 Å². The van der Waals surface area contributed by atoms with Gasteiger partial charge in [0.2, 0.25) is 0 Å². The van der Waals surface area contributed by atoms with Crippen LogP contribution in [0.25, 0.3) is 0 Å². The highest BCUT2D eigenvalue weighted by molar-refractivity contribution is 5.89. The average Bonchev–Trinajstić information content (AvgIpc) is 2.65. The van der Waals surface area contributed by atoms with Crippen LogP contribution in [0.1, 0.15) is 56.0 Å². The molecule has 0 radical (unpaired) electrons. The topological polar surface area (TPSA) is 146 Å². The van der Waals surface area contributed by atoms with Gasteiger partial charge in [-0.1, -0.05) is 0 Å². The van der Waals surface area contributed by atoms with E-state index in [0.29, 0.717) is 70.0 Å². The molecule has 1 amide bonds. The molecule has 0 aliphatic rings. The number of alkyl carbamates (subject to hydrolysis) is 1. The summed E-state index contributed by atoms with van der Waals surface area (Å²) in [6.45, 7) is 7.45. The third-order valence-electron chi connectivity index (χ3n) is 3.90. The zero-order valence-corrected chi connectivity index (χ0v) is 18.2. The van der Waals surface area contributed by atoms with Gasteiger partial charge in [0.1, 0.15) is 17.1 Å². The Balaban J connectivity index is 2.93. The van der Waals surface area contributed by atoms with Gasteiger partial charge in [0.05, 0.1) is 18.8 Å². The van der Waals surface area contributed by atoms with E-state index in [1.807, 2.05) is 0 Å². The molecule has 0 fully saturated rings. The monoisotopic (exact) mass is 425 g/mol. The smallest absolute Gasteiger partial charge is 0.407 e. The van der Waals surface area contributed by atoms with Crippen LogP contribution in [0.4, 0.5) is 4.79 Å². The number of carbonyl (C=O) groups excluding carboxylic acids is 1. The van der Waals surface area contributed by atoms with Gasteiger partial charge >= 0.3 is 12.1 Å². The first kappa shape index (κ1) is 25.5. The molecule has 0 aliphatic heterocycles. The molecule has 0 heterocycles. The minimum atomic E-state index is -1.07. The van der Waals surface area contributed by atoms with Crippen LogP contribution in [-0.4, -0.2) is 55.6 Å². The second-order valence-corrected chi connectivity index (χ2v) is 7.77. The van der Waals surface area contributed by atoms with E-state index in [1.54, 1.807) is 20.8 Å². The molecular weight excluding hydrogens is 390 g/mol. The fraction of sp³-hybridized carbons (Fsp3) is 0.619. The van der Waals surface area contributed by atoms with Crippen LogP contribution in [0.15, 0.2) is 12.1 Å². The quantitative estimate of drug-likeness (QED) is 0.352. The molecule has 0 saturated heterocycles. The van der Waals surface area contributed by atoms with Crippen LogP contribution in [0.2, 0.25) is 0 Å². The fourth-order valence-electron chi connectivity index (χ4n) is 2.55. The summed E-state index contributed by atoms with van der Waals surface area (Å²) in [5.74, 6) is -0.174. The molecule has 6 N–H and O–H groups in total. The number of hydrogen-bond acceptors (Lipinski definition) is 7. The van der Waals surface area contributed by atoms with Gasteiger partial charge in [-0.25, -0.2) is 9.59 Å². The van der Waals surface area contributed by atoms with Crippen molar-refractivity contribution in [3.63, 3.8) is 0 Å². The van der Waals surface area contributed by atoms with E-state index >= 15 is 0 Å². The Bertz CT molecular complexity index is 657. The lowest BCUT2D eigenvalue weighted by Gasteiger charge is -2.20. The van der Waals surface area contributed by atoms with Crippen molar-refractivity contribution in [3.05, 3.63) is 23.3 Å². The maximum Gasteiger partial charge on any atom is 0.407 e. The zero-order chi connectivity index (χ0) is 22.6. The Morgan fingerprint density at radius 3 is 1.97 bits per heavy atom. The van der Waals surface area contributed by atoms with Crippen LogP contribution in [-0.2, 0) is 11.2 Å². The molecule has 0 spiro atoms. The predicted molar refractivity (Wildman–Crippen MR) is 114 cm³/mol. The Morgan fingerprint density at radius 1 is 1.00 bits per heavy atom. The zero-order valence-electron chi connectivity index (χ0n) is 18.2. The Kier molecular flexibility index (Phi) is 11.0. The van der Waals surface area contributed by atoms with Crippen molar-refractivity contribution >= 4 is 12.1 Å². The van der Waals surface area contributed by atoms with Crippen molar-refractivity contribution in [3.8, 4) is 11.5 Å². The van der Waals surface area contributed by atoms with Crippen molar-refractivity contribution < 1.29 is 28.9 Å². The first-order chi connectivity index (χ1) is 14.2. The highest BCUT2D eigenvalue weighted by Crippen LogP contribution is 2.32. The molecule has 0 saturated carbocycles. The molecule has 0 aromatic heterocycles. The molecule has 1 aromatic rings. The van der Waals surface area contributed by atoms with Crippen molar-refractivity contribution in [1.82, 2.24) is 5.32 Å². The number of nitrogens with one attached hydrogen (secondary N) is 1. The lowest BCUT2D eigenvalue weighted by atomic mass is 10.0. The van der Waals surface area contributed by atoms with E-state index in [9.17, 15) is 14.7 Å². The molecular formula is C21H35N3O6. The second kappa shape index (κ2) is 12.9. The number of aromatic carboxylic acids is 1. The number of hydrogen-bond donors (Lipinski definition) is 4. The van der Waals surface area contributed by atoms with Crippen molar-refractivity contribution in [2.75, 3.05) is 32.8 Å². The highest BCUT2D eigenvalue weighted by Gasteiger charge is 2.18. The van der Waals surface area contributed by atoms with Gasteiger partial charge < -0.3 is 36.1 Å².